The maximum atomic E-state index is 14.2. The molecule has 2 atom stereocenters. The van der Waals surface area contributed by atoms with E-state index < -0.39 is 41.5 Å². The number of carbonyl (C=O) groups excluding carboxylic acids is 1. The predicted molar refractivity (Wildman–Crippen MR) is 111 cm³/mol. The number of hydrogen-bond acceptors (Lipinski definition) is 4. The topological polar surface area (TPSA) is 88.8 Å². The average molecular weight is 467 g/mol. The fraction of sp³-hybridized carbons (Fsp3) is 0.304. The first-order valence-corrected chi connectivity index (χ1v) is 10.0. The van der Waals surface area contributed by atoms with Gasteiger partial charge in [0.15, 0.2) is 11.6 Å². The number of carboxylic acid groups (broad SMARTS) is 1. The smallest absolute Gasteiger partial charge is 0.505 e. The van der Waals surface area contributed by atoms with Crippen molar-refractivity contribution in [2.75, 3.05) is 0 Å². The molecule has 1 heterocycles. The minimum Gasteiger partial charge on any atom is -0.505 e. The summed E-state index contributed by atoms with van der Waals surface area (Å²) in [5, 5.41) is 20.0. The summed E-state index contributed by atoms with van der Waals surface area (Å²) in [5.74, 6) is -5.47. The van der Waals surface area contributed by atoms with Gasteiger partial charge in [-0.05, 0) is 48.7 Å². The van der Waals surface area contributed by atoms with E-state index in [2.05, 4.69) is 4.74 Å². The van der Waals surface area contributed by atoms with Crippen LogP contribution in [0.25, 0.3) is 10.9 Å². The summed E-state index contributed by atoms with van der Waals surface area (Å²) in [4.78, 5) is 25.4. The van der Waals surface area contributed by atoms with E-state index in [0.29, 0.717) is 6.42 Å². The number of benzene rings is 2. The van der Waals surface area contributed by atoms with Crippen molar-refractivity contribution in [2.45, 2.75) is 39.5 Å². The number of phenolic OH excluding ortho intramolecular Hbond substituents is 1. The molecule has 0 spiro atoms. The highest BCUT2D eigenvalue weighted by atomic mass is 19.4. The minimum atomic E-state index is -4.89. The third-order valence-electron chi connectivity index (χ3n) is 5.65. The molecule has 0 bridgehead atoms. The van der Waals surface area contributed by atoms with Crippen LogP contribution in [0.4, 0.5) is 17.6 Å². The molecule has 3 aromatic rings. The number of carbonyl (C=O) groups is 2. The van der Waals surface area contributed by atoms with Crippen LogP contribution in [-0.4, -0.2) is 33.0 Å². The Labute approximate surface area is 186 Å². The van der Waals surface area contributed by atoms with Crippen molar-refractivity contribution in [3.8, 4) is 11.5 Å². The molecule has 176 valence electrons. The van der Waals surface area contributed by atoms with Crippen molar-refractivity contribution in [3.05, 3.63) is 59.0 Å². The van der Waals surface area contributed by atoms with Gasteiger partial charge < -0.3 is 14.9 Å². The highest BCUT2D eigenvalue weighted by Gasteiger charge is 2.34. The number of aromatic nitrogens is 1. The number of rotatable bonds is 6. The summed E-state index contributed by atoms with van der Waals surface area (Å²) in [6.07, 6.45) is -4.39. The quantitative estimate of drug-likeness (QED) is 0.461. The van der Waals surface area contributed by atoms with Gasteiger partial charge in [0, 0.05) is 22.7 Å². The van der Waals surface area contributed by atoms with Crippen LogP contribution in [-0.2, 0) is 4.79 Å². The molecular weight excluding hydrogens is 446 g/mol. The van der Waals surface area contributed by atoms with Crippen LogP contribution in [0.5, 0.6) is 11.5 Å². The van der Waals surface area contributed by atoms with Crippen molar-refractivity contribution < 1.29 is 42.1 Å². The van der Waals surface area contributed by atoms with Gasteiger partial charge >= 0.3 is 12.3 Å². The van der Waals surface area contributed by atoms with Crippen LogP contribution in [0, 0.1) is 18.7 Å². The van der Waals surface area contributed by atoms with Gasteiger partial charge in [-0.1, -0.05) is 20.3 Å². The Hall–Kier alpha value is -3.56. The normalized spacial score (nSPS) is 13.7. The predicted octanol–water partition coefficient (Wildman–Crippen LogP) is 5.60. The Morgan fingerprint density at radius 3 is 2.27 bits per heavy atom. The zero-order valence-electron chi connectivity index (χ0n) is 17.9. The molecule has 0 saturated heterocycles. The molecule has 1 unspecified atom stereocenters. The van der Waals surface area contributed by atoms with E-state index in [-0.39, 0.29) is 33.6 Å². The number of carboxylic acids is 1. The number of aliphatic carboxylic acids is 1. The molecule has 33 heavy (non-hydrogen) atoms. The van der Waals surface area contributed by atoms with Crippen LogP contribution >= 0.6 is 0 Å². The standard InChI is InChI=1S/C23H21F4NO5/c1-4-11(2)19(22(31)32)20-12(3)28(17-10-16(24)18(29)9-15(17)20)21(30)13-5-7-14(8-6-13)33-23(25,26)27/h5-11,19,29H,4H2,1-3H3,(H,31,32)/t11-,19?/m0/s1. The molecule has 2 N–H and O–H groups in total. The van der Waals surface area contributed by atoms with Crippen molar-refractivity contribution in [3.63, 3.8) is 0 Å². The second kappa shape index (κ2) is 8.76. The van der Waals surface area contributed by atoms with Gasteiger partial charge in [0.25, 0.3) is 5.91 Å². The zero-order chi connectivity index (χ0) is 24.7. The van der Waals surface area contributed by atoms with Gasteiger partial charge in [0.05, 0.1) is 11.4 Å². The Kier molecular flexibility index (Phi) is 6.40. The molecule has 0 fully saturated rings. The van der Waals surface area contributed by atoms with Crippen LogP contribution in [0.2, 0.25) is 0 Å². The molecule has 3 rings (SSSR count). The summed E-state index contributed by atoms with van der Waals surface area (Å²) < 4.78 is 56.3. The van der Waals surface area contributed by atoms with E-state index in [1.165, 1.54) is 6.92 Å². The molecule has 0 aliphatic heterocycles. The van der Waals surface area contributed by atoms with Crippen molar-refractivity contribution in [1.82, 2.24) is 4.57 Å². The molecule has 0 radical (unpaired) electrons. The van der Waals surface area contributed by atoms with Crippen LogP contribution < -0.4 is 4.74 Å². The lowest BCUT2D eigenvalue weighted by Gasteiger charge is -2.20. The van der Waals surface area contributed by atoms with E-state index in [9.17, 15) is 37.4 Å². The number of halogens is 4. The van der Waals surface area contributed by atoms with Crippen LogP contribution in [0.3, 0.4) is 0 Å². The van der Waals surface area contributed by atoms with E-state index in [1.54, 1.807) is 6.92 Å². The fourth-order valence-electron chi connectivity index (χ4n) is 3.92. The number of ether oxygens (including phenoxy) is 1. The Morgan fingerprint density at radius 1 is 1.15 bits per heavy atom. The molecule has 0 aliphatic carbocycles. The van der Waals surface area contributed by atoms with E-state index in [1.807, 2.05) is 6.92 Å². The van der Waals surface area contributed by atoms with Gasteiger partial charge in [-0.25, -0.2) is 4.39 Å². The molecular formula is C23H21F4NO5. The number of phenols is 1. The Balaban J connectivity index is 2.21. The molecule has 1 aromatic heterocycles. The summed E-state index contributed by atoms with van der Waals surface area (Å²) in [7, 11) is 0. The number of hydrogen-bond donors (Lipinski definition) is 2. The minimum absolute atomic E-state index is 0.0278. The van der Waals surface area contributed by atoms with Crippen LogP contribution in [0.15, 0.2) is 36.4 Å². The van der Waals surface area contributed by atoms with E-state index in [0.717, 1.165) is 41.0 Å². The summed E-state index contributed by atoms with van der Waals surface area (Å²) in [6.45, 7) is 5.04. The highest BCUT2D eigenvalue weighted by molar-refractivity contribution is 6.05. The van der Waals surface area contributed by atoms with Gasteiger partial charge in [-0.15, -0.1) is 13.2 Å². The fourth-order valence-corrected chi connectivity index (χ4v) is 3.92. The largest absolute Gasteiger partial charge is 0.573 e. The van der Waals surface area contributed by atoms with Gasteiger partial charge in [-0.2, -0.15) is 0 Å². The zero-order valence-corrected chi connectivity index (χ0v) is 17.9. The lowest BCUT2D eigenvalue weighted by atomic mass is 9.84. The molecule has 2 aromatic carbocycles. The van der Waals surface area contributed by atoms with Crippen molar-refractivity contribution >= 4 is 22.8 Å². The lowest BCUT2D eigenvalue weighted by molar-refractivity contribution is -0.274. The maximum Gasteiger partial charge on any atom is 0.573 e. The summed E-state index contributed by atoms with van der Waals surface area (Å²) >= 11 is 0. The first-order valence-electron chi connectivity index (χ1n) is 10.0. The van der Waals surface area contributed by atoms with Crippen molar-refractivity contribution in [2.24, 2.45) is 5.92 Å². The van der Waals surface area contributed by atoms with Gasteiger partial charge in [0.1, 0.15) is 5.75 Å². The third-order valence-corrected chi connectivity index (χ3v) is 5.65. The third kappa shape index (κ3) is 4.64. The molecule has 0 saturated carbocycles. The molecule has 0 aliphatic rings. The Morgan fingerprint density at radius 2 is 1.76 bits per heavy atom. The van der Waals surface area contributed by atoms with E-state index >= 15 is 0 Å². The average Bonchev–Trinajstić information content (AvgIpc) is 2.98. The number of alkyl halides is 3. The summed E-state index contributed by atoms with van der Waals surface area (Å²) in [5.41, 5.74) is 0.490. The highest BCUT2D eigenvalue weighted by Crippen LogP contribution is 2.39. The molecule has 10 heteroatoms. The van der Waals surface area contributed by atoms with E-state index in [4.69, 9.17) is 0 Å². The molecule has 0 amide bonds. The SMILES string of the molecule is CC[C@H](C)C(C(=O)O)c1c(C)n(C(=O)c2ccc(OC(F)(F)F)cc2)c2cc(F)c(O)cc12. The number of aromatic hydroxyl groups is 1. The number of nitrogens with zero attached hydrogens (tertiary/aromatic N) is 1. The van der Waals surface area contributed by atoms with Gasteiger partial charge in [-0.3, -0.25) is 14.2 Å². The van der Waals surface area contributed by atoms with Crippen LogP contribution in [0.1, 0.15) is 47.8 Å². The maximum absolute atomic E-state index is 14.2. The first-order chi connectivity index (χ1) is 15.4. The summed E-state index contributed by atoms with van der Waals surface area (Å²) in [6, 6.07) is 6.18. The monoisotopic (exact) mass is 467 g/mol. The Bertz CT molecular complexity index is 1210. The second-order valence-corrected chi connectivity index (χ2v) is 7.73. The van der Waals surface area contributed by atoms with Gasteiger partial charge in [0.2, 0.25) is 0 Å². The first kappa shape index (κ1) is 24.1. The molecule has 6 nitrogen and oxygen atoms in total. The second-order valence-electron chi connectivity index (χ2n) is 7.73. The lowest BCUT2D eigenvalue weighted by Crippen LogP contribution is -2.21. The number of fused-ring (bicyclic) bond motifs is 1. The van der Waals surface area contributed by atoms with Crippen molar-refractivity contribution in [1.29, 1.82) is 0 Å².